The van der Waals surface area contributed by atoms with E-state index in [1.165, 1.54) is 32.3 Å². The van der Waals surface area contributed by atoms with Crippen molar-refractivity contribution in [3.05, 3.63) is 18.1 Å². The van der Waals surface area contributed by atoms with Gasteiger partial charge in [0.1, 0.15) is 0 Å². The minimum atomic E-state index is -0.494. The number of unbranched alkanes of at least 4 members (excludes halogenated alkanes) is 3. The lowest BCUT2D eigenvalue weighted by molar-refractivity contribution is 0.0593. The van der Waals surface area contributed by atoms with Crippen LogP contribution in [0.4, 0.5) is 0 Å². The fourth-order valence-corrected chi connectivity index (χ4v) is 1.31. The third-order valence-corrected chi connectivity index (χ3v) is 2.27. The van der Waals surface area contributed by atoms with Crippen molar-refractivity contribution in [2.75, 3.05) is 13.7 Å². The molecule has 0 N–H and O–H groups in total. The topological polar surface area (TPSA) is 61.3 Å². The summed E-state index contributed by atoms with van der Waals surface area (Å²) >= 11 is 0. The van der Waals surface area contributed by atoms with Crippen LogP contribution in [0.1, 0.15) is 43.1 Å². The Kier molecular flexibility index (Phi) is 5.99. The minimum absolute atomic E-state index is 0.186. The summed E-state index contributed by atoms with van der Waals surface area (Å²) in [6.07, 6.45) is 7.38. The fourth-order valence-electron chi connectivity index (χ4n) is 1.31. The van der Waals surface area contributed by atoms with E-state index in [0.29, 0.717) is 12.5 Å². The largest absolute Gasteiger partial charge is 0.477 e. The number of methoxy groups -OCH3 is 1. The molecular weight excluding hydrogens is 220 g/mol. The molecule has 1 rings (SSSR count). The lowest BCUT2D eigenvalue weighted by atomic mass is 10.2. The average Bonchev–Trinajstić information content (AvgIpc) is 2.38. The molecule has 0 spiro atoms. The van der Waals surface area contributed by atoms with Crippen LogP contribution in [-0.4, -0.2) is 29.7 Å². The molecule has 5 nitrogen and oxygen atoms in total. The minimum Gasteiger partial charge on any atom is -0.477 e. The van der Waals surface area contributed by atoms with E-state index in [2.05, 4.69) is 21.6 Å². The molecule has 0 aromatic carbocycles. The molecule has 0 saturated carbocycles. The van der Waals surface area contributed by atoms with E-state index in [0.717, 1.165) is 12.8 Å². The van der Waals surface area contributed by atoms with Crippen molar-refractivity contribution in [3.8, 4) is 5.88 Å². The zero-order valence-electron chi connectivity index (χ0n) is 10.3. The lowest BCUT2D eigenvalue weighted by Gasteiger charge is -2.04. The highest BCUT2D eigenvalue weighted by Crippen LogP contribution is 2.06. The van der Waals surface area contributed by atoms with Crippen LogP contribution in [-0.2, 0) is 4.74 Å². The van der Waals surface area contributed by atoms with E-state index in [4.69, 9.17) is 4.74 Å². The summed E-state index contributed by atoms with van der Waals surface area (Å²) < 4.78 is 9.91. The van der Waals surface area contributed by atoms with Gasteiger partial charge in [0.05, 0.1) is 26.1 Å². The second-order valence-electron chi connectivity index (χ2n) is 3.64. The first-order chi connectivity index (χ1) is 8.27. The molecule has 0 radical (unpaired) electrons. The van der Waals surface area contributed by atoms with Crippen LogP contribution in [0, 0.1) is 0 Å². The van der Waals surface area contributed by atoms with Crippen molar-refractivity contribution in [3.63, 3.8) is 0 Å². The Balaban J connectivity index is 2.33. The number of carbonyl (C=O) groups excluding carboxylic acids is 1. The van der Waals surface area contributed by atoms with E-state index in [1.54, 1.807) is 0 Å². The number of aromatic nitrogens is 2. The van der Waals surface area contributed by atoms with Gasteiger partial charge in [0, 0.05) is 0 Å². The molecule has 0 aliphatic carbocycles. The Bertz CT molecular complexity index is 338. The summed E-state index contributed by atoms with van der Waals surface area (Å²) in [5, 5.41) is 0. The summed E-state index contributed by atoms with van der Waals surface area (Å²) in [4.78, 5) is 19.0. The summed E-state index contributed by atoms with van der Waals surface area (Å²) in [6, 6.07) is 0. The number of esters is 1. The Morgan fingerprint density at radius 1 is 1.24 bits per heavy atom. The molecule has 5 heteroatoms. The van der Waals surface area contributed by atoms with Gasteiger partial charge in [-0.1, -0.05) is 26.2 Å². The smallest absolute Gasteiger partial charge is 0.358 e. The van der Waals surface area contributed by atoms with Gasteiger partial charge in [-0.2, -0.15) is 0 Å². The van der Waals surface area contributed by atoms with E-state index < -0.39 is 5.97 Å². The molecule has 94 valence electrons. The summed E-state index contributed by atoms with van der Waals surface area (Å²) in [5.41, 5.74) is 0.186. The molecule has 0 aliphatic rings. The molecule has 0 saturated heterocycles. The van der Waals surface area contributed by atoms with Crippen molar-refractivity contribution in [1.82, 2.24) is 9.97 Å². The molecule has 0 bridgehead atoms. The molecule has 0 aliphatic heterocycles. The summed E-state index contributed by atoms with van der Waals surface area (Å²) in [5.74, 6) is -0.0545. The van der Waals surface area contributed by atoms with Crippen molar-refractivity contribution in [2.24, 2.45) is 0 Å². The number of hydrogen-bond donors (Lipinski definition) is 0. The second-order valence-corrected chi connectivity index (χ2v) is 3.64. The van der Waals surface area contributed by atoms with Gasteiger partial charge >= 0.3 is 5.97 Å². The highest BCUT2D eigenvalue weighted by Gasteiger charge is 2.07. The number of hydrogen-bond acceptors (Lipinski definition) is 5. The molecule has 0 atom stereocenters. The molecule has 0 unspecified atom stereocenters. The number of carbonyl (C=O) groups is 1. The molecule has 1 aromatic heterocycles. The van der Waals surface area contributed by atoms with E-state index in [1.807, 2.05) is 0 Å². The summed E-state index contributed by atoms with van der Waals surface area (Å²) in [6.45, 7) is 2.80. The first-order valence-corrected chi connectivity index (χ1v) is 5.81. The Hall–Kier alpha value is -1.65. The van der Waals surface area contributed by atoms with Crippen LogP contribution in [0.25, 0.3) is 0 Å². The quantitative estimate of drug-likeness (QED) is 0.538. The van der Waals surface area contributed by atoms with Crippen molar-refractivity contribution in [2.45, 2.75) is 32.6 Å². The predicted octanol–water partition coefficient (Wildman–Crippen LogP) is 2.22. The lowest BCUT2D eigenvalue weighted by Crippen LogP contribution is -2.06. The van der Waals surface area contributed by atoms with E-state index in [-0.39, 0.29) is 5.69 Å². The Morgan fingerprint density at radius 2 is 2.06 bits per heavy atom. The molecule has 17 heavy (non-hydrogen) atoms. The number of ether oxygens (including phenoxy) is 2. The van der Waals surface area contributed by atoms with Crippen LogP contribution in [0.2, 0.25) is 0 Å². The Labute approximate surface area is 101 Å². The number of nitrogens with zero attached hydrogens (tertiary/aromatic N) is 2. The maximum Gasteiger partial charge on any atom is 0.358 e. The maximum atomic E-state index is 11.1. The molecular formula is C12H18N2O3. The van der Waals surface area contributed by atoms with Crippen molar-refractivity contribution < 1.29 is 14.3 Å². The average molecular weight is 238 g/mol. The molecule has 0 fully saturated rings. The second kappa shape index (κ2) is 7.60. The van der Waals surface area contributed by atoms with Crippen LogP contribution in [0.5, 0.6) is 5.88 Å². The molecule has 0 amide bonds. The van der Waals surface area contributed by atoms with Gasteiger partial charge in [-0.15, -0.1) is 0 Å². The van der Waals surface area contributed by atoms with Gasteiger partial charge < -0.3 is 9.47 Å². The standard InChI is InChI=1S/C12H18N2O3/c1-3-4-5-6-7-17-11-9-13-10(8-14-11)12(15)16-2/h8-9H,3-7H2,1-2H3. The highest BCUT2D eigenvalue weighted by molar-refractivity contribution is 5.86. The van der Waals surface area contributed by atoms with E-state index in [9.17, 15) is 4.79 Å². The van der Waals surface area contributed by atoms with Gasteiger partial charge in [-0.05, 0) is 6.42 Å². The fraction of sp³-hybridized carbons (Fsp3) is 0.583. The Morgan fingerprint density at radius 3 is 2.65 bits per heavy atom. The summed E-state index contributed by atoms with van der Waals surface area (Å²) in [7, 11) is 1.31. The maximum absolute atomic E-state index is 11.1. The zero-order chi connectivity index (χ0) is 12.5. The van der Waals surface area contributed by atoms with Crippen molar-refractivity contribution >= 4 is 5.97 Å². The number of rotatable bonds is 7. The highest BCUT2D eigenvalue weighted by atomic mass is 16.5. The first-order valence-electron chi connectivity index (χ1n) is 5.81. The van der Waals surface area contributed by atoms with Gasteiger partial charge in [-0.3, -0.25) is 0 Å². The van der Waals surface area contributed by atoms with Crippen LogP contribution in [0.15, 0.2) is 12.4 Å². The molecule has 1 aromatic rings. The monoisotopic (exact) mass is 238 g/mol. The van der Waals surface area contributed by atoms with Crippen LogP contribution < -0.4 is 4.74 Å². The van der Waals surface area contributed by atoms with Gasteiger partial charge in [0.25, 0.3) is 0 Å². The van der Waals surface area contributed by atoms with Crippen molar-refractivity contribution in [1.29, 1.82) is 0 Å². The zero-order valence-corrected chi connectivity index (χ0v) is 10.3. The van der Waals surface area contributed by atoms with Crippen LogP contribution in [0.3, 0.4) is 0 Å². The van der Waals surface area contributed by atoms with E-state index >= 15 is 0 Å². The van der Waals surface area contributed by atoms with Gasteiger partial charge in [-0.25, -0.2) is 14.8 Å². The third-order valence-electron chi connectivity index (χ3n) is 2.27. The SMILES string of the molecule is CCCCCCOc1cnc(C(=O)OC)cn1. The predicted molar refractivity (Wildman–Crippen MR) is 63.0 cm³/mol. The van der Waals surface area contributed by atoms with Gasteiger partial charge in [0.15, 0.2) is 5.69 Å². The van der Waals surface area contributed by atoms with Gasteiger partial charge in [0.2, 0.25) is 5.88 Å². The first kappa shape index (κ1) is 13.4. The normalized spacial score (nSPS) is 10.0. The van der Waals surface area contributed by atoms with Crippen LogP contribution >= 0.6 is 0 Å². The third kappa shape index (κ3) is 4.80. The molecule has 1 heterocycles.